The fourth-order valence-corrected chi connectivity index (χ4v) is 0.520. The van der Waals surface area contributed by atoms with Crippen LogP contribution >= 0.6 is 0 Å². The lowest BCUT2D eigenvalue weighted by Crippen LogP contribution is -2.04. The van der Waals surface area contributed by atoms with E-state index in [1.54, 1.807) is 6.20 Å². The van der Waals surface area contributed by atoms with E-state index in [1.165, 1.54) is 0 Å². The van der Waals surface area contributed by atoms with Gasteiger partial charge in [0.15, 0.2) is 0 Å². The molecule has 1 aromatic heterocycles. The molecule has 0 aliphatic heterocycles. The number of nitrogens with two attached hydrogens (primary N) is 1. The van der Waals surface area contributed by atoms with Crippen LogP contribution in [-0.2, 0) is 0 Å². The molecule has 0 aromatic carbocycles. The SMILES string of the molecule is CC(N)c1ccn[nH]1. The molecule has 0 amide bonds. The van der Waals surface area contributed by atoms with Gasteiger partial charge >= 0.3 is 0 Å². The van der Waals surface area contributed by atoms with E-state index in [-0.39, 0.29) is 6.04 Å². The molecule has 0 aliphatic rings. The van der Waals surface area contributed by atoms with Crippen molar-refractivity contribution in [2.45, 2.75) is 13.0 Å². The standard InChI is InChI=1S/C5H9N3/c1-4(6)5-2-3-7-8-5/h2-4H,6H2,1H3,(H,7,8). The van der Waals surface area contributed by atoms with Crippen LogP contribution in [0.2, 0.25) is 0 Å². The number of aromatic nitrogens is 2. The summed E-state index contributed by atoms with van der Waals surface area (Å²) in [4.78, 5) is 0. The Balaban J connectivity index is 2.77. The summed E-state index contributed by atoms with van der Waals surface area (Å²) >= 11 is 0. The average Bonchev–Trinajstić information content (AvgIpc) is 2.12. The van der Waals surface area contributed by atoms with Gasteiger partial charge in [0.2, 0.25) is 0 Å². The second kappa shape index (κ2) is 1.96. The second-order valence-electron chi connectivity index (χ2n) is 1.80. The van der Waals surface area contributed by atoms with E-state index in [9.17, 15) is 0 Å². The molecule has 1 atom stereocenters. The Bertz CT molecular complexity index is 143. The summed E-state index contributed by atoms with van der Waals surface area (Å²) in [6, 6.07) is 1.93. The van der Waals surface area contributed by atoms with Gasteiger partial charge in [-0.25, -0.2) is 0 Å². The van der Waals surface area contributed by atoms with Gasteiger partial charge in [-0.3, -0.25) is 5.10 Å². The Labute approximate surface area is 47.9 Å². The molecule has 3 nitrogen and oxygen atoms in total. The van der Waals surface area contributed by atoms with Crippen LogP contribution in [0.1, 0.15) is 18.7 Å². The molecule has 0 radical (unpaired) electrons. The van der Waals surface area contributed by atoms with Crippen LogP contribution in [0.4, 0.5) is 0 Å². The minimum atomic E-state index is 0.0671. The summed E-state index contributed by atoms with van der Waals surface area (Å²) in [5, 5.41) is 6.50. The minimum absolute atomic E-state index is 0.0671. The molecule has 3 N–H and O–H groups in total. The van der Waals surface area contributed by atoms with Crippen molar-refractivity contribution in [2.75, 3.05) is 0 Å². The predicted octanol–water partition coefficient (Wildman–Crippen LogP) is 0.429. The van der Waals surface area contributed by atoms with Gasteiger partial charge in [0.25, 0.3) is 0 Å². The van der Waals surface area contributed by atoms with Crippen LogP contribution in [0.5, 0.6) is 0 Å². The lowest BCUT2D eigenvalue weighted by molar-refractivity contribution is 0.772. The van der Waals surface area contributed by atoms with Crippen molar-refractivity contribution >= 4 is 0 Å². The molecule has 1 aromatic rings. The van der Waals surface area contributed by atoms with E-state index in [0.717, 1.165) is 5.69 Å². The third-order valence-corrected chi connectivity index (χ3v) is 1.01. The first-order valence-electron chi connectivity index (χ1n) is 2.55. The van der Waals surface area contributed by atoms with Crippen molar-refractivity contribution in [3.8, 4) is 0 Å². The first-order valence-corrected chi connectivity index (χ1v) is 2.55. The fraction of sp³-hybridized carbons (Fsp3) is 0.400. The zero-order chi connectivity index (χ0) is 5.98. The van der Waals surface area contributed by atoms with E-state index in [4.69, 9.17) is 5.73 Å². The molecular formula is C5H9N3. The normalized spacial score (nSPS) is 13.8. The van der Waals surface area contributed by atoms with Gasteiger partial charge in [0.05, 0.1) is 5.69 Å². The van der Waals surface area contributed by atoms with E-state index in [0.29, 0.717) is 0 Å². The van der Waals surface area contributed by atoms with Crippen molar-refractivity contribution in [3.05, 3.63) is 18.0 Å². The first kappa shape index (κ1) is 5.31. The Kier molecular flexibility index (Phi) is 1.30. The highest BCUT2D eigenvalue weighted by Crippen LogP contribution is 2.01. The predicted molar refractivity (Wildman–Crippen MR) is 31.2 cm³/mol. The third-order valence-electron chi connectivity index (χ3n) is 1.01. The molecule has 0 spiro atoms. The van der Waals surface area contributed by atoms with E-state index >= 15 is 0 Å². The molecule has 0 bridgehead atoms. The molecule has 44 valence electrons. The van der Waals surface area contributed by atoms with E-state index in [2.05, 4.69) is 10.2 Å². The maximum absolute atomic E-state index is 5.49. The highest BCUT2D eigenvalue weighted by Gasteiger charge is 1.96. The van der Waals surface area contributed by atoms with Gasteiger partial charge in [-0.15, -0.1) is 0 Å². The van der Waals surface area contributed by atoms with Crippen LogP contribution in [0.15, 0.2) is 12.3 Å². The van der Waals surface area contributed by atoms with Crippen LogP contribution in [0.3, 0.4) is 0 Å². The number of nitrogens with one attached hydrogen (secondary N) is 1. The fourth-order valence-electron chi connectivity index (χ4n) is 0.520. The van der Waals surface area contributed by atoms with Crippen molar-refractivity contribution in [1.29, 1.82) is 0 Å². The van der Waals surface area contributed by atoms with Crippen LogP contribution < -0.4 is 5.73 Å². The number of hydrogen-bond acceptors (Lipinski definition) is 2. The highest BCUT2D eigenvalue weighted by atomic mass is 15.1. The molecule has 0 aliphatic carbocycles. The van der Waals surface area contributed by atoms with Gasteiger partial charge in [-0.2, -0.15) is 5.10 Å². The van der Waals surface area contributed by atoms with Crippen LogP contribution in [0.25, 0.3) is 0 Å². The number of H-pyrrole nitrogens is 1. The Hall–Kier alpha value is -0.830. The van der Waals surface area contributed by atoms with Crippen molar-refractivity contribution in [2.24, 2.45) is 5.73 Å². The summed E-state index contributed by atoms with van der Waals surface area (Å²) in [5.41, 5.74) is 6.46. The van der Waals surface area contributed by atoms with Crippen LogP contribution in [0, 0.1) is 0 Å². The topological polar surface area (TPSA) is 54.7 Å². The molecule has 1 heterocycles. The zero-order valence-electron chi connectivity index (χ0n) is 4.76. The summed E-state index contributed by atoms with van der Waals surface area (Å²) in [6.45, 7) is 1.91. The van der Waals surface area contributed by atoms with Crippen molar-refractivity contribution in [3.63, 3.8) is 0 Å². The van der Waals surface area contributed by atoms with Gasteiger partial charge < -0.3 is 5.73 Å². The van der Waals surface area contributed by atoms with Gasteiger partial charge in [0, 0.05) is 12.2 Å². The second-order valence-corrected chi connectivity index (χ2v) is 1.80. The monoisotopic (exact) mass is 111 g/mol. The quantitative estimate of drug-likeness (QED) is 0.552. The van der Waals surface area contributed by atoms with Crippen molar-refractivity contribution in [1.82, 2.24) is 10.2 Å². The Morgan fingerprint density at radius 3 is 2.88 bits per heavy atom. The number of nitrogens with zero attached hydrogens (tertiary/aromatic N) is 1. The highest BCUT2D eigenvalue weighted by molar-refractivity contribution is 5.01. The number of hydrogen-bond donors (Lipinski definition) is 2. The molecular weight excluding hydrogens is 102 g/mol. The number of rotatable bonds is 1. The van der Waals surface area contributed by atoms with Gasteiger partial charge in [0.1, 0.15) is 0 Å². The smallest absolute Gasteiger partial charge is 0.0516 e. The first-order chi connectivity index (χ1) is 3.80. The van der Waals surface area contributed by atoms with E-state index < -0.39 is 0 Å². The third kappa shape index (κ3) is 0.869. The summed E-state index contributed by atoms with van der Waals surface area (Å²) < 4.78 is 0. The average molecular weight is 111 g/mol. The number of aromatic amines is 1. The molecule has 1 rings (SSSR count). The summed E-state index contributed by atoms with van der Waals surface area (Å²) in [6.07, 6.45) is 1.69. The Morgan fingerprint density at radius 1 is 1.88 bits per heavy atom. The summed E-state index contributed by atoms with van der Waals surface area (Å²) in [5.74, 6) is 0. The summed E-state index contributed by atoms with van der Waals surface area (Å²) in [7, 11) is 0. The van der Waals surface area contributed by atoms with Gasteiger partial charge in [-0.1, -0.05) is 0 Å². The van der Waals surface area contributed by atoms with Gasteiger partial charge in [-0.05, 0) is 13.0 Å². The van der Waals surface area contributed by atoms with E-state index in [1.807, 2.05) is 13.0 Å². The lowest BCUT2D eigenvalue weighted by atomic mass is 10.3. The minimum Gasteiger partial charge on any atom is -0.323 e. The molecule has 3 heteroatoms. The molecule has 0 fully saturated rings. The van der Waals surface area contributed by atoms with Crippen molar-refractivity contribution < 1.29 is 0 Å². The maximum Gasteiger partial charge on any atom is 0.0516 e. The maximum atomic E-state index is 5.49. The molecule has 1 unspecified atom stereocenters. The van der Waals surface area contributed by atoms with Crippen LogP contribution in [-0.4, -0.2) is 10.2 Å². The molecule has 0 saturated carbocycles. The molecule has 8 heavy (non-hydrogen) atoms. The lowest BCUT2D eigenvalue weighted by Gasteiger charge is -1.96. The largest absolute Gasteiger partial charge is 0.323 e. The molecule has 0 saturated heterocycles. The Morgan fingerprint density at radius 2 is 2.62 bits per heavy atom. The zero-order valence-corrected chi connectivity index (χ0v) is 4.76.